The fraction of sp³-hybridized carbons (Fsp3) is 0.308. The zero-order chi connectivity index (χ0) is 11.1. The minimum Gasteiger partial charge on any atom is -0.282 e. The second-order valence-corrected chi connectivity index (χ2v) is 3.90. The van der Waals surface area contributed by atoms with E-state index < -0.39 is 0 Å². The van der Waals surface area contributed by atoms with E-state index in [4.69, 9.17) is 0 Å². The highest BCUT2D eigenvalue weighted by Crippen LogP contribution is 2.15. The van der Waals surface area contributed by atoms with E-state index >= 15 is 0 Å². The lowest BCUT2D eigenvalue weighted by Gasteiger charge is -2.01. The highest BCUT2D eigenvalue weighted by atomic mass is 32.1. The van der Waals surface area contributed by atoms with Crippen LogP contribution >= 0.6 is 12.6 Å². The van der Waals surface area contributed by atoms with Crippen molar-refractivity contribution in [2.24, 2.45) is 0 Å². The number of rotatable bonds is 5. The quantitative estimate of drug-likeness (QED) is 0.591. The first kappa shape index (κ1) is 12.1. The monoisotopic (exact) mass is 220 g/mol. The first-order valence-corrected chi connectivity index (χ1v) is 5.67. The van der Waals surface area contributed by atoms with Gasteiger partial charge in [0.15, 0.2) is 0 Å². The van der Waals surface area contributed by atoms with Crippen LogP contribution in [0.4, 0.5) is 0 Å². The predicted molar refractivity (Wildman–Crippen MR) is 67.9 cm³/mol. The Hall–Kier alpha value is -1.02. The van der Waals surface area contributed by atoms with Crippen molar-refractivity contribution in [2.45, 2.75) is 26.2 Å². The zero-order valence-corrected chi connectivity index (χ0v) is 9.84. The van der Waals surface area contributed by atoms with Crippen LogP contribution in [0.3, 0.4) is 0 Å². The molecule has 0 heterocycles. The molecule has 0 N–H and O–H groups in total. The van der Waals surface area contributed by atoms with Gasteiger partial charge in [0.25, 0.3) is 0 Å². The van der Waals surface area contributed by atoms with Crippen molar-refractivity contribution in [3.63, 3.8) is 0 Å². The molecule has 0 saturated carbocycles. The fourth-order valence-electron chi connectivity index (χ4n) is 1.36. The number of hydrogen-bond acceptors (Lipinski definition) is 1. The van der Waals surface area contributed by atoms with E-state index in [2.05, 4.69) is 19.6 Å². The van der Waals surface area contributed by atoms with Crippen molar-refractivity contribution in [1.29, 1.82) is 0 Å². The summed E-state index contributed by atoms with van der Waals surface area (Å²) in [5.74, 6) is 0. The van der Waals surface area contributed by atoms with E-state index in [0.29, 0.717) is 0 Å². The summed E-state index contributed by atoms with van der Waals surface area (Å²) in [6.07, 6.45) is 4.86. The van der Waals surface area contributed by atoms with Gasteiger partial charge in [-0.15, -0.1) is 12.6 Å². The van der Waals surface area contributed by atoms with E-state index in [-0.39, 0.29) is 5.12 Å². The molecule has 1 aromatic carbocycles. The lowest BCUT2D eigenvalue weighted by molar-refractivity contribution is -0.107. The summed E-state index contributed by atoms with van der Waals surface area (Å²) >= 11 is 3.89. The third kappa shape index (κ3) is 4.34. The van der Waals surface area contributed by atoms with Crippen LogP contribution in [0.1, 0.15) is 31.7 Å². The van der Waals surface area contributed by atoms with Gasteiger partial charge in [-0.05, 0) is 24.5 Å². The molecule has 0 atom stereocenters. The highest BCUT2D eigenvalue weighted by Gasteiger charge is 2.03. The van der Waals surface area contributed by atoms with E-state index in [1.54, 1.807) is 0 Å². The van der Waals surface area contributed by atoms with Crippen LogP contribution in [0.5, 0.6) is 0 Å². The second-order valence-electron chi connectivity index (χ2n) is 3.49. The molecular formula is C13H16OS. The van der Waals surface area contributed by atoms with Crippen LogP contribution in [-0.2, 0) is 4.79 Å². The lowest BCUT2D eigenvalue weighted by atomic mass is 10.1. The molecule has 0 saturated heterocycles. The normalized spacial score (nSPS) is 11.5. The standard InChI is InChI=1S/C13H16OS/c1-2-3-9-12(13(14)15)10-11-7-5-4-6-8-11/h4-8,10H,2-3,9H2,1H3,(H,14,15). The number of thiol groups is 1. The van der Waals surface area contributed by atoms with Gasteiger partial charge in [0.2, 0.25) is 5.12 Å². The summed E-state index contributed by atoms with van der Waals surface area (Å²) < 4.78 is 0. The first-order chi connectivity index (χ1) is 7.24. The molecule has 80 valence electrons. The van der Waals surface area contributed by atoms with Crippen molar-refractivity contribution >= 4 is 23.8 Å². The SMILES string of the molecule is CCCCC(=Cc1ccccc1)C(=O)S. The number of hydrogen-bond donors (Lipinski definition) is 1. The Morgan fingerprint density at radius 1 is 1.33 bits per heavy atom. The van der Waals surface area contributed by atoms with Gasteiger partial charge in [-0.1, -0.05) is 43.7 Å². The van der Waals surface area contributed by atoms with Crippen LogP contribution in [0.15, 0.2) is 35.9 Å². The summed E-state index contributed by atoms with van der Waals surface area (Å²) in [4.78, 5) is 11.3. The summed E-state index contributed by atoms with van der Waals surface area (Å²) in [6, 6.07) is 9.87. The van der Waals surface area contributed by atoms with Gasteiger partial charge in [-0.3, -0.25) is 4.79 Å². The topological polar surface area (TPSA) is 17.1 Å². The average molecular weight is 220 g/mol. The molecule has 0 aromatic heterocycles. The molecule has 0 amide bonds. The van der Waals surface area contributed by atoms with Gasteiger partial charge in [-0.25, -0.2) is 0 Å². The van der Waals surface area contributed by atoms with Crippen LogP contribution in [-0.4, -0.2) is 5.12 Å². The molecule has 1 aromatic rings. The van der Waals surface area contributed by atoms with Crippen molar-refractivity contribution in [2.75, 3.05) is 0 Å². The van der Waals surface area contributed by atoms with E-state index in [1.165, 1.54) is 0 Å². The molecule has 1 nitrogen and oxygen atoms in total. The smallest absolute Gasteiger partial charge is 0.212 e. The minimum absolute atomic E-state index is 0.118. The Morgan fingerprint density at radius 2 is 2.00 bits per heavy atom. The van der Waals surface area contributed by atoms with Crippen molar-refractivity contribution in [1.82, 2.24) is 0 Å². The van der Waals surface area contributed by atoms with E-state index in [1.807, 2.05) is 36.4 Å². The van der Waals surface area contributed by atoms with Crippen LogP contribution in [0.2, 0.25) is 0 Å². The Kier molecular flexibility index (Phi) is 5.19. The highest BCUT2D eigenvalue weighted by molar-refractivity contribution is 7.97. The summed E-state index contributed by atoms with van der Waals surface area (Å²) in [6.45, 7) is 2.11. The Morgan fingerprint density at radius 3 is 2.53 bits per heavy atom. The molecule has 2 heteroatoms. The number of carbonyl (C=O) groups is 1. The molecular weight excluding hydrogens is 204 g/mol. The predicted octanol–water partition coefficient (Wildman–Crippen LogP) is 3.72. The molecule has 0 aliphatic rings. The summed E-state index contributed by atoms with van der Waals surface area (Å²) in [5, 5.41) is -0.118. The molecule has 0 fully saturated rings. The van der Waals surface area contributed by atoms with Gasteiger partial charge >= 0.3 is 0 Å². The third-order valence-electron chi connectivity index (χ3n) is 2.21. The van der Waals surface area contributed by atoms with Crippen LogP contribution in [0, 0.1) is 0 Å². The Balaban J connectivity index is 2.79. The van der Waals surface area contributed by atoms with E-state index in [0.717, 1.165) is 30.4 Å². The number of benzene rings is 1. The second kappa shape index (κ2) is 6.46. The molecule has 0 aliphatic heterocycles. The molecule has 0 unspecified atom stereocenters. The van der Waals surface area contributed by atoms with Gasteiger partial charge in [0.1, 0.15) is 0 Å². The molecule has 1 rings (SSSR count). The summed E-state index contributed by atoms with van der Waals surface area (Å²) in [5.41, 5.74) is 1.86. The average Bonchev–Trinajstić information content (AvgIpc) is 2.25. The maximum atomic E-state index is 11.3. The zero-order valence-electron chi connectivity index (χ0n) is 8.94. The number of unbranched alkanes of at least 4 members (excludes halogenated alkanes) is 1. The molecule has 15 heavy (non-hydrogen) atoms. The first-order valence-electron chi connectivity index (χ1n) is 5.23. The van der Waals surface area contributed by atoms with Crippen molar-refractivity contribution in [3.05, 3.63) is 41.5 Å². The molecule has 0 bridgehead atoms. The van der Waals surface area contributed by atoms with Crippen LogP contribution in [0.25, 0.3) is 6.08 Å². The van der Waals surface area contributed by atoms with Gasteiger partial charge in [0.05, 0.1) is 0 Å². The van der Waals surface area contributed by atoms with Gasteiger partial charge < -0.3 is 0 Å². The number of carbonyl (C=O) groups excluding carboxylic acids is 1. The largest absolute Gasteiger partial charge is 0.282 e. The van der Waals surface area contributed by atoms with Gasteiger partial charge in [0, 0.05) is 5.57 Å². The molecule has 0 aliphatic carbocycles. The Bertz CT molecular complexity index is 341. The van der Waals surface area contributed by atoms with E-state index in [9.17, 15) is 4.79 Å². The fourth-order valence-corrected chi connectivity index (χ4v) is 1.53. The Labute approximate surface area is 96.6 Å². The van der Waals surface area contributed by atoms with Crippen molar-refractivity contribution < 1.29 is 4.79 Å². The third-order valence-corrected chi connectivity index (χ3v) is 2.50. The molecule has 0 radical (unpaired) electrons. The maximum Gasteiger partial charge on any atom is 0.212 e. The van der Waals surface area contributed by atoms with Crippen molar-refractivity contribution in [3.8, 4) is 0 Å². The minimum atomic E-state index is -0.118. The summed E-state index contributed by atoms with van der Waals surface area (Å²) in [7, 11) is 0. The van der Waals surface area contributed by atoms with Gasteiger partial charge in [-0.2, -0.15) is 0 Å². The lowest BCUT2D eigenvalue weighted by Crippen LogP contribution is -1.93. The van der Waals surface area contributed by atoms with Crippen LogP contribution < -0.4 is 0 Å². The molecule has 0 spiro atoms. The maximum absolute atomic E-state index is 11.3.